The van der Waals surface area contributed by atoms with Gasteiger partial charge in [0.05, 0.1) is 12.2 Å². The number of hydrogen-bond donors (Lipinski definition) is 1. The molecule has 4 nitrogen and oxygen atoms in total. The number of halogens is 4. The predicted octanol–water partition coefficient (Wildman–Crippen LogP) is 4.71. The maximum absolute atomic E-state index is 13.0. The molecule has 2 aromatic rings. The van der Waals surface area contributed by atoms with Crippen LogP contribution in [0.25, 0.3) is 0 Å². The Labute approximate surface area is 147 Å². The lowest BCUT2D eigenvalue weighted by atomic mass is 10.2. The van der Waals surface area contributed by atoms with Gasteiger partial charge >= 0.3 is 18.5 Å². The monoisotopic (exact) mass is 371 g/mol. The fraction of sp³-hybridized carbons (Fsp3) is 0.278. The normalized spacial score (nSPS) is 11.3. The Kier molecular flexibility index (Phi) is 6.43. The van der Waals surface area contributed by atoms with Crippen molar-refractivity contribution < 1.29 is 31.8 Å². The Balaban J connectivity index is 2.03. The van der Waals surface area contributed by atoms with E-state index in [9.17, 15) is 22.4 Å². The average Bonchev–Trinajstić information content (AvgIpc) is 2.60. The molecule has 0 atom stereocenters. The summed E-state index contributed by atoms with van der Waals surface area (Å²) in [6.45, 7) is 2.17. The summed E-state index contributed by atoms with van der Waals surface area (Å²) >= 11 is 0. The molecule has 0 unspecified atom stereocenters. The molecule has 0 fully saturated rings. The Morgan fingerprint density at radius 2 is 1.88 bits per heavy atom. The highest BCUT2D eigenvalue weighted by atomic mass is 19.3. The van der Waals surface area contributed by atoms with E-state index in [0.717, 1.165) is 0 Å². The first-order valence-corrected chi connectivity index (χ1v) is 7.77. The minimum Gasteiger partial charge on any atom is -0.462 e. The van der Waals surface area contributed by atoms with Crippen molar-refractivity contribution in [3.8, 4) is 5.75 Å². The van der Waals surface area contributed by atoms with Gasteiger partial charge in [-0.05, 0) is 42.8 Å². The summed E-state index contributed by atoms with van der Waals surface area (Å²) in [6, 6.07) is 12.0. The first-order chi connectivity index (χ1) is 12.3. The van der Waals surface area contributed by atoms with Crippen LogP contribution >= 0.6 is 0 Å². The topological polar surface area (TPSA) is 47.6 Å². The molecule has 26 heavy (non-hydrogen) atoms. The van der Waals surface area contributed by atoms with E-state index in [1.165, 1.54) is 18.2 Å². The highest BCUT2D eigenvalue weighted by Gasteiger charge is 2.43. The maximum atomic E-state index is 13.0. The van der Waals surface area contributed by atoms with Crippen molar-refractivity contribution in [3.63, 3.8) is 0 Å². The number of carbonyl (C=O) groups excluding carboxylic acids is 1. The number of ether oxygens (including phenoxy) is 2. The van der Waals surface area contributed by atoms with E-state index in [2.05, 4.69) is 10.1 Å². The third kappa shape index (κ3) is 5.37. The molecule has 0 amide bonds. The second-order valence-electron chi connectivity index (χ2n) is 5.27. The molecule has 0 heterocycles. The van der Waals surface area contributed by atoms with Gasteiger partial charge in [0, 0.05) is 12.2 Å². The number of alkyl halides is 4. The van der Waals surface area contributed by atoms with Crippen LogP contribution in [-0.2, 0) is 11.3 Å². The molecule has 0 aromatic heterocycles. The van der Waals surface area contributed by atoms with Crippen molar-refractivity contribution in [2.75, 3.05) is 11.9 Å². The second kappa shape index (κ2) is 8.55. The quantitative estimate of drug-likeness (QED) is 0.539. The fourth-order valence-corrected chi connectivity index (χ4v) is 2.10. The molecule has 0 aliphatic rings. The molecule has 0 spiro atoms. The van der Waals surface area contributed by atoms with Gasteiger partial charge in [0.25, 0.3) is 0 Å². The molecule has 1 N–H and O–H groups in total. The third-order valence-electron chi connectivity index (χ3n) is 3.28. The second-order valence-corrected chi connectivity index (χ2v) is 5.27. The molecule has 0 radical (unpaired) electrons. The van der Waals surface area contributed by atoms with Gasteiger partial charge in [-0.3, -0.25) is 0 Å². The van der Waals surface area contributed by atoms with Crippen LogP contribution in [0.1, 0.15) is 22.8 Å². The van der Waals surface area contributed by atoms with E-state index in [1.807, 2.05) is 0 Å². The maximum Gasteiger partial charge on any atom is 0.461 e. The van der Waals surface area contributed by atoms with Gasteiger partial charge in [-0.15, -0.1) is 0 Å². The zero-order valence-electron chi connectivity index (χ0n) is 13.8. The molecular formula is C18H17F4NO3. The number of nitrogens with one attached hydrogen (secondary N) is 1. The molecule has 0 bridgehead atoms. The summed E-state index contributed by atoms with van der Waals surface area (Å²) in [5.41, 5.74) is 1.51. The summed E-state index contributed by atoms with van der Waals surface area (Å²) in [6.07, 6.45) is -8.48. The summed E-state index contributed by atoms with van der Waals surface area (Å²) in [4.78, 5) is 11.7. The van der Waals surface area contributed by atoms with Crippen LogP contribution in [0, 0.1) is 0 Å². The molecule has 0 saturated heterocycles. The van der Waals surface area contributed by atoms with Gasteiger partial charge < -0.3 is 14.8 Å². The van der Waals surface area contributed by atoms with Crippen molar-refractivity contribution in [2.45, 2.75) is 26.0 Å². The highest BCUT2D eigenvalue weighted by molar-refractivity contribution is 5.90. The van der Waals surface area contributed by atoms with Crippen LogP contribution in [0.5, 0.6) is 5.75 Å². The lowest BCUT2D eigenvalue weighted by molar-refractivity contribution is -0.253. The van der Waals surface area contributed by atoms with Crippen LogP contribution in [0.2, 0.25) is 0 Å². The van der Waals surface area contributed by atoms with E-state index in [1.54, 1.807) is 37.3 Å². The van der Waals surface area contributed by atoms with E-state index >= 15 is 0 Å². The number of carbonyl (C=O) groups is 1. The molecule has 0 saturated carbocycles. The van der Waals surface area contributed by atoms with Crippen molar-refractivity contribution in [2.24, 2.45) is 0 Å². The predicted molar refractivity (Wildman–Crippen MR) is 87.7 cm³/mol. The summed E-state index contributed by atoms with van der Waals surface area (Å²) in [5, 5.41) is 3.01. The van der Waals surface area contributed by atoms with Crippen LogP contribution in [0.15, 0.2) is 48.5 Å². The SMILES string of the molecule is CCOC(=O)c1cccc(NCc2cccc(OC(F)(F)C(F)F)c2)c1. The first kappa shape index (κ1) is 19.6. The van der Waals surface area contributed by atoms with E-state index in [-0.39, 0.29) is 18.9 Å². The summed E-state index contributed by atoms with van der Waals surface area (Å²) in [5.74, 6) is -0.823. The Hall–Kier alpha value is -2.77. The van der Waals surface area contributed by atoms with Crippen molar-refractivity contribution in [1.29, 1.82) is 0 Å². The minimum atomic E-state index is -4.56. The number of benzene rings is 2. The van der Waals surface area contributed by atoms with Gasteiger partial charge in [0.2, 0.25) is 0 Å². The highest BCUT2D eigenvalue weighted by Crippen LogP contribution is 2.28. The first-order valence-electron chi connectivity index (χ1n) is 7.77. The van der Waals surface area contributed by atoms with Gasteiger partial charge in [0.1, 0.15) is 5.75 Å². The average molecular weight is 371 g/mol. The largest absolute Gasteiger partial charge is 0.462 e. The fourth-order valence-electron chi connectivity index (χ4n) is 2.10. The van der Waals surface area contributed by atoms with E-state index < -0.39 is 18.5 Å². The molecule has 0 aliphatic carbocycles. The molecule has 140 valence electrons. The van der Waals surface area contributed by atoms with Crippen LogP contribution in [-0.4, -0.2) is 25.1 Å². The van der Waals surface area contributed by atoms with Crippen LogP contribution < -0.4 is 10.1 Å². The van der Waals surface area contributed by atoms with Crippen molar-refractivity contribution in [1.82, 2.24) is 0 Å². The number of hydrogen-bond acceptors (Lipinski definition) is 4. The zero-order valence-corrected chi connectivity index (χ0v) is 13.8. The molecule has 2 rings (SSSR count). The number of anilines is 1. The Bertz CT molecular complexity index is 753. The summed E-state index contributed by atoms with van der Waals surface area (Å²) in [7, 11) is 0. The van der Waals surface area contributed by atoms with Crippen molar-refractivity contribution in [3.05, 3.63) is 59.7 Å². The van der Waals surface area contributed by atoms with Gasteiger partial charge in [-0.1, -0.05) is 18.2 Å². The lowest BCUT2D eigenvalue weighted by Gasteiger charge is -2.17. The molecule has 2 aromatic carbocycles. The zero-order chi connectivity index (χ0) is 19.2. The van der Waals surface area contributed by atoms with Crippen molar-refractivity contribution >= 4 is 11.7 Å². The standard InChI is InChI=1S/C18H17F4NO3/c1-2-25-16(24)13-6-4-7-14(10-13)23-11-12-5-3-8-15(9-12)26-18(21,22)17(19)20/h3-10,17,23H,2,11H2,1H3. The molecule has 0 aliphatic heterocycles. The molecule has 8 heteroatoms. The van der Waals surface area contributed by atoms with Gasteiger partial charge in [-0.25, -0.2) is 4.79 Å². The van der Waals surface area contributed by atoms with Gasteiger partial charge in [-0.2, -0.15) is 17.6 Å². The molecular weight excluding hydrogens is 354 g/mol. The van der Waals surface area contributed by atoms with Gasteiger partial charge in [0.15, 0.2) is 0 Å². The Morgan fingerprint density at radius 1 is 1.15 bits per heavy atom. The third-order valence-corrected chi connectivity index (χ3v) is 3.28. The smallest absolute Gasteiger partial charge is 0.461 e. The Morgan fingerprint density at radius 3 is 2.58 bits per heavy atom. The number of rotatable bonds is 8. The lowest BCUT2D eigenvalue weighted by Crippen LogP contribution is -2.33. The van der Waals surface area contributed by atoms with Crippen LogP contribution in [0.4, 0.5) is 23.2 Å². The minimum absolute atomic E-state index is 0.212. The van der Waals surface area contributed by atoms with Crippen LogP contribution in [0.3, 0.4) is 0 Å². The summed E-state index contributed by atoms with van der Waals surface area (Å²) < 4.78 is 59.3. The van der Waals surface area contributed by atoms with E-state index in [0.29, 0.717) is 16.8 Å². The van der Waals surface area contributed by atoms with E-state index in [4.69, 9.17) is 4.74 Å². The number of esters is 1.